The summed E-state index contributed by atoms with van der Waals surface area (Å²) >= 11 is 0. The summed E-state index contributed by atoms with van der Waals surface area (Å²) in [6, 6.07) is 5.42. The molecule has 7 heteroatoms. The highest BCUT2D eigenvalue weighted by Crippen LogP contribution is 2.36. The molecule has 1 amide bonds. The number of aromatic nitrogens is 2. The van der Waals surface area contributed by atoms with Gasteiger partial charge in [0, 0.05) is 17.3 Å². The van der Waals surface area contributed by atoms with E-state index in [0.717, 1.165) is 5.56 Å². The largest absolute Gasteiger partial charge is 0.479 e. The van der Waals surface area contributed by atoms with Gasteiger partial charge in [-0.1, -0.05) is 12.1 Å². The number of aromatic amines is 1. The number of ether oxygens (including phenoxy) is 2. The molecule has 0 aliphatic carbocycles. The van der Waals surface area contributed by atoms with Gasteiger partial charge in [-0.3, -0.25) is 4.79 Å². The van der Waals surface area contributed by atoms with Crippen molar-refractivity contribution in [2.24, 2.45) is 0 Å². The van der Waals surface area contributed by atoms with Crippen LogP contribution < -0.4 is 10.1 Å². The molecule has 0 spiro atoms. The van der Waals surface area contributed by atoms with Crippen molar-refractivity contribution in [1.29, 1.82) is 0 Å². The third-order valence-electron chi connectivity index (χ3n) is 3.57. The molecule has 2 N–H and O–H groups in total. The minimum Gasteiger partial charge on any atom is -0.479 e. The van der Waals surface area contributed by atoms with Gasteiger partial charge in [0.25, 0.3) is 5.91 Å². The molecule has 24 heavy (non-hydrogen) atoms. The van der Waals surface area contributed by atoms with Gasteiger partial charge in [-0.25, -0.2) is 9.78 Å². The van der Waals surface area contributed by atoms with Crippen molar-refractivity contribution in [2.45, 2.75) is 0 Å². The van der Waals surface area contributed by atoms with Crippen LogP contribution >= 0.6 is 0 Å². The number of methoxy groups -OCH3 is 2. The minimum absolute atomic E-state index is 0.236. The van der Waals surface area contributed by atoms with Crippen LogP contribution in [-0.4, -0.2) is 36.1 Å². The van der Waals surface area contributed by atoms with Crippen molar-refractivity contribution in [3.8, 4) is 5.88 Å². The number of esters is 1. The summed E-state index contributed by atoms with van der Waals surface area (Å²) < 4.78 is 9.75. The van der Waals surface area contributed by atoms with E-state index in [-0.39, 0.29) is 5.91 Å². The van der Waals surface area contributed by atoms with Crippen LogP contribution in [0.25, 0.3) is 17.7 Å². The lowest BCUT2D eigenvalue weighted by Crippen LogP contribution is -2.03. The van der Waals surface area contributed by atoms with Crippen molar-refractivity contribution < 1.29 is 19.1 Å². The highest BCUT2D eigenvalue weighted by molar-refractivity contribution is 6.35. The first kappa shape index (κ1) is 15.5. The molecule has 2 heterocycles. The van der Waals surface area contributed by atoms with E-state index in [4.69, 9.17) is 4.74 Å². The summed E-state index contributed by atoms with van der Waals surface area (Å²) in [4.78, 5) is 30.6. The summed E-state index contributed by atoms with van der Waals surface area (Å²) in [5.74, 6) is -0.308. The van der Waals surface area contributed by atoms with Crippen molar-refractivity contribution in [3.63, 3.8) is 0 Å². The van der Waals surface area contributed by atoms with Crippen molar-refractivity contribution in [1.82, 2.24) is 9.97 Å². The number of hydrogen-bond acceptors (Lipinski definition) is 5. The monoisotopic (exact) mass is 325 g/mol. The Morgan fingerprint density at radius 2 is 2.12 bits per heavy atom. The molecular weight excluding hydrogens is 310 g/mol. The third kappa shape index (κ3) is 2.79. The van der Waals surface area contributed by atoms with E-state index >= 15 is 0 Å². The van der Waals surface area contributed by atoms with Gasteiger partial charge in [-0.2, -0.15) is 0 Å². The number of anilines is 1. The summed E-state index contributed by atoms with van der Waals surface area (Å²) in [5, 5.41) is 2.81. The highest BCUT2D eigenvalue weighted by Gasteiger charge is 2.26. The quantitative estimate of drug-likeness (QED) is 0.663. The van der Waals surface area contributed by atoms with Crippen molar-refractivity contribution in [2.75, 3.05) is 19.5 Å². The number of benzene rings is 1. The maximum absolute atomic E-state index is 12.3. The number of nitrogens with zero attached hydrogens (tertiary/aromatic N) is 1. The van der Waals surface area contributed by atoms with Gasteiger partial charge in [0.05, 0.1) is 26.1 Å². The van der Waals surface area contributed by atoms with E-state index in [1.165, 1.54) is 26.6 Å². The molecule has 1 aromatic carbocycles. The second-order valence-electron chi connectivity index (χ2n) is 4.96. The van der Waals surface area contributed by atoms with E-state index in [1.807, 2.05) is 6.07 Å². The van der Waals surface area contributed by atoms with E-state index in [2.05, 4.69) is 20.0 Å². The maximum atomic E-state index is 12.3. The van der Waals surface area contributed by atoms with Gasteiger partial charge in [0.15, 0.2) is 0 Å². The first-order valence-electron chi connectivity index (χ1n) is 7.14. The second-order valence-corrected chi connectivity index (χ2v) is 4.96. The minimum atomic E-state index is -0.467. The summed E-state index contributed by atoms with van der Waals surface area (Å²) in [6.45, 7) is 0. The molecule has 1 aromatic heterocycles. The molecule has 0 fully saturated rings. The number of imidazole rings is 1. The Labute approximate surface area is 138 Å². The molecule has 7 nitrogen and oxygen atoms in total. The topological polar surface area (TPSA) is 93.3 Å². The first-order valence-corrected chi connectivity index (χ1v) is 7.14. The number of rotatable bonds is 4. The molecule has 2 aromatic rings. The number of carbonyl (C=O) groups is 2. The molecule has 3 rings (SSSR count). The Bertz CT molecular complexity index is 864. The van der Waals surface area contributed by atoms with Crippen LogP contribution in [-0.2, 0) is 14.3 Å². The standard InChI is InChI=1S/C17H15N3O4/c1-23-14(21)7-6-10-4-3-5-12-15(10)11(16(22)20-12)8-13-17(24-2)19-9-18-13/h3-9H,1-2H3,(H,18,19)(H,20,22). The molecule has 0 radical (unpaired) electrons. The van der Waals surface area contributed by atoms with Crippen molar-refractivity contribution >= 4 is 35.3 Å². The number of nitrogens with one attached hydrogen (secondary N) is 2. The number of amides is 1. The lowest BCUT2D eigenvalue weighted by Gasteiger charge is -2.04. The van der Waals surface area contributed by atoms with Crippen LogP contribution in [0.5, 0.6) is 5.88 Å². The van der Waals surface area contributed by atoms with Gasteiger partial charge in [-0.15, -0.1) is 0 Å². The molecule has 0 atom stereocenters. The number of hydrogen-bond donors (Lipinski definition) is 2. The van der Waals surface area contributed by atoms with Crippen LogP contribution in [0.4, 0.5) is 5.69 Å². The zero-order valence-electron chi connectivity index (χ0n) is 13.1. The van der Waals surface area contributed by atoms with Gasteiger partial charge in [0.2, 0.25) is 5.88 Å². The first-order chi connectivity index (χ1) is 11.6. The normalized spacial score (nSPS) is 14.8. The van der Waals surface area contributed by atoms with E-state index in [0.29, 0.717) is 28.4 Å². The van der Waals surface area contributed by atoms with Crippen LogP contribution in [0.15, 0.2) is 30.6 Å². The summed E-state index contributed by atoms with van der Waals surface area (Å²) in [7, 11) is 2.81. The molecule has 0 unspecified atom stereocenters. The second kappa shape index (κ2) is 6.41. The lowest BCUT2D eigenvalue weighted by molar-refractivity contribution is -0.134. The molecule has 0 bridgehead atoms. The average Bonchev–Trinajstić information content (AvgIpc) is 3.17. The Kier molecular flexibility index (Phi) is 4.15. The van der Waals surface area contributed by atoms with E-state index in [9.17, 15) is 9.59 Å². The zero-order chi connectivity index (χ0) is 17.1. The van der Waals surface area contributed by atoms with E-state index in [1.54, 1.807) is 24.3 Å². The Morgan fingerprint density at radius 1 is 1.29 bits per heavy atom. The number of H-pyrrole nitrogens is 1. The van der Waals surface area contributed by atoms with Crippen LogP contribution in [0.3, 0.4) is 0 Å². The van der Waals surface area contributed by atoms with Gasteiger partial charge in [0.1, 0.15) is 5.69 Å². The van der Waals surface area contributed by atoms with Gasteiger partial charge in [-0.05, 0) is 23.8 Å². The fourth-order valence-electron chi connectivity index (χ4n) is 2.48. The Hall–Kier alpha value is -3.35. The molecular formula is C17H15N3O4. The lowest BCUT2D eigenvalue weighted by atomic mass is 9.99. The molecule has 1 aliphatic rings. The van der Waals surface area contributed by atoms with Crippen LogP contribution in [0.1, 0.15) is 16.8 Å². The van der Waals surface area contributed by atoms with Gasteiger partial charge < -0.3 is 19.8 Å². The van der Waals surface area contributed by atoms with Crippen molar-refractivity contribution in [3.05, 3.63) is 47.4 Å². The zero-order valence-corrected chi connectivity index (χ0v) is 13.1. The fraction of sp³-hybridized carbons (Fsp3) is 0.118. The van der Waals surface area contributed by atoms with Gasteiger partial charge >= 0.3 is 5.97 Å². The summed E-state index contributed by atoms with van der Waals surface area (Å²) in [5.41, 5.74) is 3.15. The third-order valence-corrected chi connectivity index (χ3v) is 3.57. The van der Waals surface area contributed by atoms with E-state index < -0.39 is 5.97 Å². The molecule has 0 saturated heterocycles. The van der Waals surface area contributed by atoms with Crippen LogP contribution in [0, 0.1) is 0 Å². The molecule has 0 saturated carbocycles. The highest BCUT2D eigenvalue weighted by atomic mass is 16.5. The molecule has 122 valence electrons. The summed E-state index contributed by atoms with van der Waals surface area (Å²) in [6.07, 6.45) is 6.08. The smallest absolute Gasteiger partial charge is 0.330 e. The Morgan fingerprint density at radius 3 is 2.88 bits per heavy atom. The number of fused-ring (bicyclic) bond motifs is 1. The predicted molar refractivity (Wildman–Crippen MR) is 89.1 cm³/mol. The Balaban J connectivity index is 2.09. The maximum Gasteiger partial charge on any atom is 0.330 e. The van der Waals surface area contributed by atoms with Crippen LogP contribution in [0.2, 0.25) is 0 Å². The average molecular weight is 325 g/mol. The molecule has 1 aliphatic heterocycles. The SMILES string of the molecule is COC(=O)C=Cc1cccc2c1C(=Cc1[nH]cnc1OC)C(=O)N2. The number of carbonyl (C=O) groups excluding carboxylic acids is 2. The predicted octanol–water partition coefficient (Wildman–Crippen LogP) is 2.10. The fourth-order valence-corrected chi connectivity index (χ4v) is 2.48.